The van der Waals surface area contributed by atoms with Gasteiger partial charge in [0.25, 0.3) is 5.56 Å². The summed E-state index contributed by atoms with van der Waals surface area (Å²) in [5.74, 6) is 0.389. The van der Waals surface area contributed by atoms with E-state index in [1.165, 1.54) is 29.2 Å². The van der Waals surface area contributed by atoms with Gasteiger partial charge < -0.3 is 9.88 Å². The van der Waals surface area contributed by atoms with Crippen molar-refractivity contribution in [2.45, 2.75) is 6.54 Å². The van der Waals surface area contributed by atoms with Gasteiger partial charge in [0.15, 0.2) is 0 Å². The van der Waals surface area contributed by atoms with E-state index < -0.39 is 0 Å². The number of benzene rings is 2. The Morgan fingerprint density at radius 3 is 2.45 bits per heavy atom. The molecular weight excluding hydrogens is 435 g/mol. The number of hydrogen-bond acceptors (Lipinski definition) is 5. The third-order valence-corrected chi connectivity index (χ3v) is 6.92. The van der Waals surface area contributed by atoms with Crippen LogP contribution in [0.4, 0.5) is 10.1 Å². The van der Waals surface area contributed by atoms with Crippen molar-refractivity contribution in [2.24, 2.45) is 0 Å². The number of aromatic amines is 1. The summed E-state index contributed by atoms with van der Waals surface area (Å²) in [7, 11) is 0. The second-order valence-corrected chi connectivity index (χ2v) is 9.07. The maximum Gasteiger partial charge on any atom is 0.268 e. The van der Waals surface area contributed by atoms with Crippen LogP contribution in [0.15, 0.2) is 59.4 Å². The Bertz CT molecular complexity index is 1260. The molecule has 0 saturated carbocycles. The van der Waals surface area contributed by atoms with Gasteiger partial charge in [-0.1, -0.05) is 23.7 Å². The average Bonchev–Trinajstić information content (AvgIpc) is 3.20. The highest BCUT2D eigenvalue weighted by atomic mass is 35.5. The van der Waals surface area contributed by atoms with E-state index in [2.05, 4.69) is 14.8 Å². The molecule has 31 heavy (non-hydrogen) atoms. The van der Waals surface area contributed by atoms with Crippen LogP contribution < -0.4 is 10.5 Å². The number of piperazine rings is 1. The molecule has 0 unspecified atom stereocenters. The van der Waals surface area contributed by atoms with Gasteiger partial charge in [0, 0.05) is 41.8 Å². The van der Waals surface area contributed by atoms with E-state index in [1.807, 2.05) is 30.3 Å². The maximum absolute atomic E-state index is 13.2. The third kappa shape index (κ3) is 4.35. The molecule has 0 atom stereocenters. The molecule has 1 N–H and O–H groups in total. The summed E-state index contributed by atoms with van der Waals surface area (Å²) in [5.41, 5.74) is 2.60. The summed E-state index contributed by atoms with van der Waals surface area (Å²) in [5, 5.41) is 0.740. The number of fused-ring (bicyclic) bond motifs is 1. The Morgan fingerprint density at radius 2 is 1.74 bits per heavy atom. The van der Waals surface area contributed by atoms with Crippen molar-refractivity contribution < 1.29 is 4.39 Å². The molecule has 1 fully saturated rings. The van der Waals surface area contributed by atoms with E-state index in [0.717, 1.165) is 41.6 Å². The molecule has 0 bridgehead atoms. The van der Waals surface area contributed by atoms with Gasteiger partial charge in [0.2, 0.25) is 0 Å². The number of nitrogens with zero attached hydrogens (tertiary/aromatic N) is 3. The van der Waals surface area contributed by atoms with Crippen LogP contribution in [-0.2, 0) is 6.54 Å². The summed E-state index contributed by atoms with van der Waals surface area (Å²) < 4.78 is 13.8. The van der Waals surface area contributed by atoms with Gasteiger partial charge in [-0.2, -0.15) is 0 Å². The fourth-order valence-corrected chi connectivity index (χ4v) is 4.97. The largest absolute Gasteiger partial charge is 0.369 e. The van der Waals surface area contributed by atoms with Crippen LogP contribution in [0.2, 0.25) is 5.02 Å². The molecule has 1 aliphatic rings. The smallest absolute Gasteiger partial charge is 0.268 e. The minimum absolute atomic E-state index is 0.127. The average molecular weight is 455 g/mol. The number of anilines is 1. The van der Waals surface area contributed by atoms with Crippen LogP contribution >= 0.6 is 22.9 Å². The first-order valence-corrected chi connectivity index (χ1v) is 11.3. The van der Waals surface area contributed by atoms with Gasteiger partial charge in [-0.25, -0.2) is 9.37 Å². The van der Waals surface area contributed by atoms with Gasteiger partial charge in [-0.05, 0) is 48.0 Å². The van der Waals surface area contributed by atoms with Crippen LogP contribution in [0.1, 0.15) is 5.82 Å². The maximum atomic E-state index is 13.2. The Hall–Kier alpha value is -2.74. The zero-order valence-corrected chi connectivity index (χ0v) is 18.2. The molecule has 1 saturated heterocycles. The molecule has 0 spiro atoms. The number of thiophene rings is 1. The molecule has 158 valence electrons. The van der Waals surface area contributed by atoms with Crippen LogP contribution in [0, 0.1) is 5.82 Å². The lowest BCUT2D eigenvalue weighted by atomic mass is 10.2. The number of rotatable bonds is 4. The van der Waals surface area contributed by atoms with E-state index in [0.29, 0.717) is 22.6 Å². The molecule has 2 aromatic carbocycles. The van der Waals surface area contributed by atoms with Crippen molar-refractivity contribution in [1.29, 1.82) is 0 Å². The van der Waals surface area contributed by atoms with Crippen molar-refractivity contribution in [3.63, 3.8) is 0 Å². The summed E-state index contributed by atoms with van der Waals surface area (Å²) in [6.07, 6.45) is 0. The number of H-pyrrole nitrogens is 1. The lowest BCUT2D eigenvalue weighted by Crippen LogP contribution is -2.46. The van der Waals surface area contributed by atoms with Crippen molar-refractivity contribution in [1.82, 2.24) is 14.9 Å². The predicted octanol–water partition coefficient (Wildman–Crippen LogP) is 4.77. The topological polar surface area (TPSA) is 52.2 Å². The van der Waals surface area contributed by atoms with E-state index in [4.69, 9.17) is 16.6 Å². The van der Waals surface area contributed by atoms with Gasteiger partial charge in [0.1, 0.15) is 16.3 Å². The van der Waals surface area contributed by atoms with Crippen LogP contribution in [-0.4, -0.2) is 41.0 Å². The van der Waals surface area contributed by atoms with E-state index >= 15 is 0 Å². The minimum atomic E-state index is -0.278. The van der Waals surface area contributed by atoms with Gasteiger partial charge in [-0.15, -0.1) is 11.3 Å². The standard InChI is InChI=1S/C23H20ClFN4OS/c24-16-3-7-18(8-4-16)29-11-9-28(10-12-29)14-21-26-19-13-20(31-22(19)23(30)27-21)15-1-5-17(25)6-2-15/h1-8,13H,9-12,14H2,(H,26,27,30). The molecule has 0 amide bonds. The molecule has 1 aliphatic heterocycles. The first-order chi connectivity index (χ1) is 15.0. The fraction of sp³-hybridized carbons (Fsp3) is 0.217. The Balaban J connectivity index is 1.30. The Morgan fingerprint density at radius 1 is 1.03 bits per heavy atom. The third-order valence-electron chi connectivity index (χ3n) is 5.50. The lowest BCUT2D eigenvalue weighted by Gasteiger charge is -2.35. The highest BCUT2D eigenvalue weighted by Gasteiger charge is 2.19. The number of aromatic nitrogens is 2. The molecule has 5 rings (SSSR count). The zero-order valence-electron chi connectivity index (χ0n) is 16.6. The van der Waals surface area contributed by atoms with Crippen LogP contribution in [0.3, 0.4) is 0 Å². The second-order valence-electron chi connectivity index (χ2n) is 7.58. The SMILES string of the molecule is O=c1[nH]c(CN2CCN(c3ccc(Cl)cc3)CC2)nc2cc(-c3ccc(F)cc3)sc12. The van der Waals surface area contributed by atoms with Gasteiger partial charge in [-0.3, -0.25) is 9.69 Å². The lowest BCUT2D eigenvalue weighted by molar-refractivity contribution is 0.244. The zero-order chi connectivity index (χ0) is 21.4. The molecule has 3 heterocycles. The molecule has 2 aromatic heterocycles. The van der Waals surface area contributed by atoms with Gasteiger partial charge >= 0.3 is 0 Å². The summed E-state index contributed by atoms with van der Waals surface area (Å²) >= 11 is 7.36. The molecule has 8 heteroatoms. The summed E-state index contributed by atoms with van der Waals surface area (Å²) in [6, 6.07) is 16.1. The summed E-state index contributed by atoms with van der Waals surface area (Å²) in [4.78, 5) is 25.8. The minimum Gasteiger partial charge on any atom is -0.369 e. The molecule has 0 aliphatic carbocycles. The Kier molecular flexibility index (Phi) is 5.48. The summed E-state index contributed by atoms with van der Waals surface area (Å²) in [6.45, 7) is 4.17. The first-order valence-electron chi connectivity index (χ1n) is 10.1. The van der Waals surface area contributed by atoms with Crippen molar-refractivity contribution in [2.75, 3.05) is 31.1 Å². The van der Waals surface area contributed by atoms with E-state index in [1.54, 1.807) is 12.1 Å². The highest BCUT2D eigenvalue weighted by molar-refractivity contribution is 7.22. The normalized spacial score (nSPS) is 15.0. The molecule has 0 radical (unpaired) electrons. The predicted molar refractivity (Wildman–Crippen MR) is 125 cm³/mol. The van der Waals surface area contributed by atoms with Crippen LogP contribution in [0.25, 0.3) is 20.7 Å². The molecule has 5 nitrogen and oxygen atoms in total. The second kappa shape index (κ2) is 8.42. The van der Waals surface area contributed by atoms with Crippen molar-refractivity contribution in [3.05, 3.63) is 81.6 Å². The van der Waals surface area contributed by atoms with Crippen molar-refractivity contribution in [3.8, 4) is 10.4 Å². The van der Waals surface area contributed by atoms with Gasteiger partial charge in [0.05, 0.1) is 12.1 Å². The van der Waals surface area contributed by atoms with Crippen LogP contribution in [0.5, 0.6) is 0 Å². The van der Waals surface area contributed by atoms with Crippen molar-refractivity contribution >= 4 is 38.8 Å². The first kappa shape index (κ1) is 20.2. The highest BCUT2D eigenvalue weighted by Crippen LogP contribution is 2.31. The molecular formula is C23H20ClFN4OS. The van der Waals surface area contributed by atoms with E-state index in [9.17, 15) is 9.18 Å². The number of halogens is 2. The number of hydrogen-bond donors (Lipinski definition) is 1. The quantitative estimate of drug-likeness (QED) is 0.482. The Labute approximate surface area is 187 Å². The monoisotopic (exact) mass is 454 g/mol. The molecule has 4 aromatic rings. The number of nitrogens with one attached hydrogen (secondary N) is 1. The van der Waals surface area contributed by atoms with E-state index in [-0.39, 0.29) is 11.4 Å². The fourth-order valence-electron chi connectivity index (χ4n) is 3.85.